The van der Waals surface area contributed by atoms with Gasteiger partial charge >= 0.3 is 8.25 Å². The Kier molecular flexibility index (Phi) is 13.2. The minimum absolute atomic E-state index is 1.08. The van der Waals surface area contributed by atoms with E-state index in [1.807, 2.05) is 6.08 Å². The van der Waals surface area contributed by atoms with Gasteiger partial charge in [0, 0.05) is 4.57 Å². The minimum atomic E-state index is -2.87. The second-order valence-corrected chi connectivity index (χ2v) is 1.46. The van der Waals surface area contributed by atoms with E-state index in [0.29, 0.717) is 0 Å². The molecule has 0 saturated heterocycles. The van der Waals surface area contributed by atoms with Gasteiger partial charge in [-0.3, -0.25) is 0 Å². The maximum Gasteiger partial charge on any atom is 0.692 e. The van der Waals surface area contributed by atoms with Crippen molar-refractivity contribution in [1.82, 2.24) is 0 Å². The first-order valence-electron chi connectivity index (χ1n) is 2.11. The second kappa shape index (κ2) is 9.90. The van der Waals surface area contributed by atoms with Crippen LogP contribution < -0.4 is 0 Å². The van der Waals surface area contributed by atoms with Gasteiger partial charge in [-0.25, -0.2) is 0 Å². The molecule has 0 aliphatic carbocycles. The summed E-state index contributed by atoms with van der Waals surface area (Å²) in [7, 11) is -2.87. The zero-order valence-corrected chi connectivity index (χ0v) is 5.64. The molecule has 0 aliphatic heterocycles. The highest BCUT2D eigenvalue weighted by molar-refractivity contribution is 7.30. The van der Waals surface area contributed by atoms with Gasteiger partial charge in [-0.1, -0.05) is 13.0 Å². The van der Waals surface area contributed by atoms with Crippen LogP contribution in [0.2, 0.25) is 0 Å². The molecule has 0 fully saturated rings. The lowest BCUT2D eigenvalue weighted by Gasteiger charge is -1.57. The SMILES string of the molecule is C=CCC.O=[P+](O)O. The Morgan fingerprint density at radius 3 is 1.88 bits per heavy atom. The fraction of sp³-hybridized carbons (Fsp3) is 0.500. The molecule has 0 amide bonds. The van der Waals surface area contributed by atoms with Crippen LogP contribution >= 0.6 is 8.25 Å². The molecular weight excluding hydrogens is 127 g/mol. The van der Waals surface area contributed by atoms with Crippen LogP contribution in [0.1, 0.15) is 13.3 Å². The molecule has 4 heteroatoms. The lowest BCUT2D eigenvalue weighted by molar-refractivity contribution is 0.405. The van der Waals surface area contributed by atoms with E-state index in [1.165, 1.54) is 0 Å². The predicted molar refractivity (Wildman–Crippen MR) is 32.5 cm³/mol. The first kappa shape index (κ1) is 10.7. The molecule has 0 spiro atoms. The summed E-state index contributed by atoms with van der Waals surface area (Å²) in [6.07, 6.45) is 2.96. The van der Waals surface area contributed by atoms with Gasteiger partial charge in [-0.2, -0.15) is 0 Å². The van der Waals surface area contributed by atoms with E-state index in [1.54, 1.807) is 0 Å². The van der Waals surface area contributed by atoms with E-state index in [0.717, 1.165) is 6.42 Å². The molecular formula is C4H10O3P+. The standard InChI is InChI=1S/C4H8.HO3P/c1-3-4-2;1-4(2)3/h3H,1,4H2,2H3;(H-,1,2,3)/p+1. The summed E-state index contributed by atoms with van der Waals surface area (Å²) < 4.78 is 8.70. The van der Waals surface area contributed by atoms with Crippen LogP contribution in [0, 0.1) is 0 Å². The largest absolute Gasteiger partial charge is 0.692 e. The van der Waals surface area contributed by atoms with Crippen LogP contribution in [0.3, 0.4) is 0 Å². The van der Waals surface area contributed by atoms with Crippen molar-refractivity contribution < 1.29 is 14.4 Å². The number of rotatable bonds is 1. The van der Waals surface area contributed by atoms with Crippen LogP contribution in [0.4, 0.5) is 0 Å². The highest BCUT2D eigenvalue weighted by Gasteiger charge is 1.93. The van der Waals surface area contributed by atoms with E-state index >= 15 is 0 Å². The fourth-order valence-corrected chi connectivity index (χ4v) is 0. The molecule has 3 nitrogen and oxygen atoms in total. The third-order valence-electron chi connectivity index (χ3n) is 0.289. The van der Waals surface area contributed by atoms with Crippen molar-refractivity contribution in [1.29, 1.82) is 0 Å². The van der Waals surface area contributed by atoms with Gasteiger partial charge in [0.25, 0.3) is 0 Å². The van der Waals surface area contributed by atoms with Crippen molar-refractivity contribution in [3.8, 4) is 0 Å². The average molecular weight is 137 g/mol. The molecule has 0 heterocycles. The van der Waals surface area contributed by atoms with E-state index in [9.17, 15) is 0 Å². The molecule has 0 rings (SSSR count). The lowest BCUT2D eigenvalue weighted by Crippen LogP contribution is -1.38. The summed E-state index contributed by atoms with van der Waals surface area (Å²) in [4.78, 5) is 14.2. The van der Waals surface area contributed by atoms with Crippen molar-refractivity contribution in [3.05, 3.63) is 12.7 Å². The Morgan fingerprint density at radius 1 is 1.75 bits per heavy atom. The Hall–Kier alpha value is -0.240. The van der Waals surface area contributed by atoms with E-state index < -0.39 is 8.25 Å². The van der Waals surface area contributed by atoms with Gasteiger partial charge in [0.15, 0.2) is 0 Å². The Bertz CT molecular complexity index is 67.7. The molecule has 48 valence electrons. The molecule has 0 radical (unpaired) electrons. The highest BCUT2D eigenvalue weighted by Crippen LogP contribution is 1.98. The molecule has 0 aliphatic rings. The molecule has 0 aromatic carbocycles. The Labute approximate surface area is 49.6 Å². The molecule has 2 N–H and O–H groups in total. The van der Waals surface area contributed by atoms with Gasteiger partial charge in [-0.05, 0) is 6.42 Å². The summed E-state index contributed by atoms with van der Waals surface area (Å²) >= 11 is 0. The van der Waals surface area contributed by atoms with Crippen LogP contribution in [0.25, 0.3) is 0 Å². The summed E-state index contributed by atoms with van der Waals surface area (Å²) in [6, 6.07) is 0. The van der Waals surface area contributed by atoms with Gasteiger partial charge in [0.05, 0.1) is 0 Å². The third-order valence-corrected chi connectivity index (χ3v) is 0.289. The van der Waals surface area contributed by atoms with Gasteiger partial charge in [-0.15, -0.1) is 16.4 Å². The predicted octanol–water partition coefficient (Wildman–Crippen LogP) is 1.21. The molecule has 0 saturated carbocycles. The summed E-state index contributed by atoms with van der Waals surface area (Å²) in [5, 5.41) is 0. The van der Waals surface area contributed by atoms with Crippen molar-refractivity contribution in [2.45, 2.75) is 13.3 Å². The third kappa shape index (κ3) is 226. The smallest absolute Gasteiger partial charge is 0.134 e. The van der Waals surface area contributed by atoms with Crippen molar-refractivity contribution >= 4 is 8.25 Å². The zero-order chi connectivity index (χ0) is 6.99. The molecule has 0 bridgehead atoms. The molecule has 0 aromatic heterocycles. The summed E-state index contributed by atoms with van der Waals surface area (Å²) in [5.74, 6) is 0. The molecule has 8 heavy (non-hydrogen) atoms. The second-order valence-electron chi connectivity index (χ2n) is 0.950. The number of hydrogen-bond donors (Lipinski definition) is 2. The lowest BCUT2D eigenvalue weighted by atomic mass is 10.5. The Morgan fingerprint density at radius 2 is 1.88 bits per heavy atom. The average Bonchev–Trinajstić information content (AvgIpc) is 1.65. The maximum atomic E-state index is 8.70. The van der Waals surface area contributed by atoms with E-state index in [2.05, 4.69) is 13.5 Å². The first-order valence-corrected chi connectivity index (χ1v) is 3.27. The van der Waals surface area contributed by atoms with E-state index in [-0.39, 0.29) is 0 Å². The Balaban J connectivity index is 0. The zero-order valence-electron chi connectivity index (χ0n) is 4.74. The maximum absolute atomic E-state index is 8.70. The van der Waals surface area contributed by atoms with Crippen molar-refractivity contribution in [3.63, 3.8) is 0 Å². The van der Waals surface area contributed by atoms with Gasteiger partial charge in [0.2, 0.25) is 0 Å². The molecule has 0 aromatic rings. The van der Waals surface area contributed by atoms with Crippen LogP contribution in [0.15, 0.2) is 12.7 Å². The summed E-state index contributed by atoms with van der Waals surface area (Å²) in [6.45, 7) is 5.54. The quantitative estimate of drug-likeness (QED) is 0.422. The molecule has 0 unspecified atom stereocenters. The first-order chi connectivity index (χ1) is 3.65. The topological polar surface area (TPSA) is 57.5 Å². The minimum Gasteiger partial charge on any atom is -0.134 e. The van der Waals surface area contributed by atoms with Gasteiger partial charge in [0.1, 0.15) is 0 Å². The normalized spacial score (nSPS) is 6.38. The van der Waals surface area contributed by atoms with Crippen LogP contribution in [0.5, 0.6) is 0 Å². The van der Waals surface area contributed by atoms with Crippen LogP contribution in [-0.4, -0.2) is 9.79 Å². The number of allylic oxidation sites excluding steroid dienone is 1. The van der Waals surface area contributed by atoms with Crippen molar-refractivity contribution in [2.24, 2.45) is 0 Å². The van der Waals surface area contributed by atoms with Gasteiger partial charge < -0.3 is 0 Å². The highest BCUT2D eigenvalue weighted by atomic mass is 31.1. The number of hydrogen-bond acceptors (Lipinski definition) is 1. The van der Waals surface area contributed by atoms with Crippen molar-refractivity contribution in [2.75, 3.05) is 0 Å². The van der Waals surface area contributed by atoms with E-state index in [4.69, 9.17) is 14.4 Å². The summed E-state index contributed by atoms with van der Waals surface area (Å²) in [5.41, 5.74) is 0. The van der Waals surface area contributed by atoms with Crippen LogP contribution in [-0.2, 0) is 4.57 Å². The monoisotopic (exact) mass is 137 g/mol. The fourth-order valence-electron chi connectivity index (χ4n) is 0. The molecule has 0 atom stereocenters.